The highest BCUT2D eigenvalue weighted by molar-refractivity contribution is 9.11. The summed E-state index contributed by atoms with van der Waals surface area (Å²) >= 11 is 6.72. The molecule has 0 amide bonds. The average Bonchev–Trinajstić information content (AvgIpc) is 2.31. The molecule has 2 aromatic carbocycles. The third-order valence-electron chi connectivity index (χ3n) is 2.66. The van der Waals surface area contributed by atoms with Gasteiger partial charge in [0.25, 0.3) is 0 Å². The quantitative estimate of drug-likeness (QED) is 0.612. The molecule has 3 N–H and O–H groups in total. The number of hydrogen-bond donors (Lipinski definition) is 2. The normalized spacial score (nSPS) is 12.5. The average molecular weight is 392 g/mol. The van der Waals surface area contributed by atoms with Gasteiger partial charge in [-0.25, -0.2) is 14.2 Å². The van der Waals surface area contributed by atoms with Crippen LogP contribution >= 0.6 is 31.9 Å². The second-order valence-corrected chi connectivity index (χ2v) is 5.80. The van der Waals surface area contributed by atoms with Gasteiger partial charge in [-0.05, 0) is 29.8 Å². The summed E-state index contributed by atoms with van der Waals surface area (Å²) < 4.78 is 28.4. The molecule has 0 aromatic heterocycles. The Morgan fingerprint density at radius 3 is 2.16 bits per heavy atom. The van der Waals surface area contributed by atoms with Crippen LogP contribution in [0.1, 0.15) is 17.2 Å². The van der Waals surface area contributed by atoms with E-state index >= 15 is 0 Å². The molecule has 19 heavy (non-hydrogen) atoms. The number of benzene rings is 2. The zero-order valence-corrected chi connectivity index (χ0v) is 12.8. The van der Waals surface area contributed by atoms with Crippen molar-refractivity contribution in [2.75, 3.05) is 0 Å². The van der Waals surface area contributed by atoms with Crippen molar-refractivity contribution in [1.29, 1.82) is 0 Å². The van der Waals surface area contributed by atoms with Gasteiger partial charge in [-0.15, -0.1) is 0 Å². The second-order valence-electron chi connectivity index (χ2n) is 3.97. The van der Waals surface area contributed by atoms with Crippen LogP contribution in [-0.2, 0) is 0 Å². The Labute approximate surface area is 126 Å². The zero-order valence-electron chi connectivity index (χ0n) is 9.63. The van der Waals surface area contributed by atoms with Gasteiger partial charge in [0.05, 0.1) is 6.04 Å². The van der Waals surface area contributed by atoms with Crippen molar-refractivity contribution >= 4 is 31.9 Å². The molecule has 0 aliphatic carbocycles. The van der Waals surface area contributed by atoms with Crippen LogP contribution in [0.5, 0.6) is 0 Å². The number of nitrogens with one attached hydrogen (secondary N) is 1. The lowest BCUT2D eigenvalue weighted by Crippen LogP contribution is -2.29. The lowest BCUT2D eigenvalue weighted by atomic mass is 9.99. The van der Waals surface area contributed by atoms with Crippen molar-refractivity contribution in [2.45, 2.75) is 6.04 Å². The smallest absolute Gasteiger partial charge is 0.131 e. The topological polar surface area (TPSA) is 38.0 Å². The molecule has 0 heterocycles. The zero-order chi connectivity index (χ0) is 14.0. The lowest BCUT2D eigenvalue weighted by Gasteiger charge is -2.18. The summed E-state index contributed by atoms with van der Waals surface area (Å²) in [5, 5.41) is 0. The molecule has 0 radical (unpaired) electrons. The van der Waals surface area contributed by atoms with Crippen LogP contribution < -0.4 is 11.3 Å². The standard InChI is InChI=1S/C13H10Br2F2N2/c14-8-3-7(4-9(15)5-8)13(19-18)11-2-1-10(16)6-12(11)17/h1-6,13,19H,18H2. The molecule has 2 aromatic rings. The van der Waals surface area contributed by atoms with Gasteiger partial charge in [0.2, 0.25) is 0 Å². The Hall–Kier alpha value is -0.820. The minimum atomic E-state index is -0.640. The summed E-state index contributed by atoms with van der Waals surface area (Å²) in [6.07, 6.45) is 0. The molecular formula is C13H10Br2F2N2. The van der Waals surface area contributed by atoms with E-state index in [4.69, 9.17) is 5.84 Å². The fourth-order valence-corrected chi connectivity index (χ4v) is 3.17. The third kappa shape index (κ3) is 3.39. The summed E-state index contributed by atoms with van der Waals surface area (Å²) in [4.78, 5) is 0. The van der Waals surface area contributed by atoms with E-state index < -0.39 is 17.7 Å². The van der Waals surface area contributed by atoms with E-state index in [9.17, 15) is 8.78 Å². The molecule has 0 aliphatic rings. The molecule has 6 heteroatoms. The molecule has 0 aliphatic heterocycles. The number of hydrazine groups is 1. The molecule has 0 fully saturated rings. The van der Waals surface area contributed by atoms with Crippen LogP contribution in [0.25, 0.3) is 0 Å². The molecule has 0 saturated carbocycles. The van der Waals surface area contributed by atoms with E-state index in [2.05, 4.69) is 37.3 Å². The minimum absolute atomic E-state index is 0.286. The SMILES string of the molecule is NNC(c1cc(Br)cc(Br)c1)c1ccc(F)cc1F. The third-order valence-corrected chi connectivity index (χ3v) is 3.57. The Morgan fingerprint density at radius 1 is 1.00 bits per heavy atom. The van der Waals surface area contributed by atoms with Crippen molar-refractivity contribution in [3.05, 3.63) is 68.1 Å². The van der Waals surface area contributed by atoms with E-state index in [1.54, 1.807) is 0 Å². The van der Waals surface area contributed by atoms with Crippen LogP contribution in [0.4, 0.5) is 8.78 Å². The predicted molar refractivity (Wildman–Crippen MR) is 77.4 cm³/mol. The first-order valence-corrected chi connectivity index (χ1v) is 6.97. The Bertz CT molecular complexity index is 585. The summed E-state index contributed by atoms with van der Waals surface area (Å²) in [6.45, 7) is 0. The molecule has 2 nitrogen and oxygen atoms in total. The van der Waals surface area contributed by atoms with Crippen molar-refractivity contribution in [3.63, 3.8) is 0 Å². The van der Waals surface area contributed by atoms with Gasteiger partial charge in [0, 0.05) is 20.6 Å². The number of nitrogens with two attached hydrogens (primary N) is 1. The highest BCUT2D eigenvalue weighted by atomic mass is 79.9. The Morgan fingerprint density at radius 2 is 1.63 bits per heavy atom. The first-order valence-electron chi connectivity index (χ1n) is 5.38. The molecular weight excluding hydrogens is 382 g/mol. The van der Waals surface area contributed by atoms with Crippen molar-refractivity contribution in [1.82, 2.24) is 5.43 Å². The van der Waals surface area contributed by atoms with Crippen LogP contribution in [0, 0.1) is 11.6 Å². The van der Waals surface area contributed by atoms with E-state index in [1.807, 2.05) is 18.2 Å². The fraction of sp³-hybridized carbons (Fsp3) is 0.0769. The van der Waals surface area contributed by atoms with Crippen LogP contribution in [0.2, 0.25) is 0 Å². The molecule has 0 bridgehead atoms. The van der Waals surface area contributed by atoms with Gasteiger partial charge >= 0.3 is 0 Å². The summed E-state index contributed by atoms with van der Waals surface area (Å²) in [5.41, 5.74) is 3.59. The van der Waals surface area contributed by atoms with Crippen molar-refractivity contribution < 1.29 is 8.78 Å². The van der Waals surface area contributed by atoms with Crippen LogP contribution in [0.3, 0.4) is 0 Å². The van der Waals surface area contributed by atoms with Gasteiger partial charge in [-0.3, -0.25) is 5.84 Å². The monoisotopic (exact) mass is 390 g/mol. The van der Waals surface area contributed by atoms with Crippen LogP contribution in [0.15, 0.2) is 45.3 Å². The van der Waals surface area contributed by atoms with Crippen molar-refractivity contribution in [2.24, 2.45) is 5.84 Å². The first-order chi connectivity index (χ1) is 9.01. The minimum Gasteiger partial charge on any atom is -0.271 e. The van der Waals surface area contributed by atoms with Gasteiger partial charge < -0.3 is 0 Å². The van der Waals surface area contributed by atoms with E-state index in [0.29, 0.717) is 0 Å². The first kappa shape index (κ1) is 14.6. The van der Waals surface area contributed by atoms with Crippen molar-refractivity contribution in [3.8, 4) is 0 Å². The molecule has 100 valence electrons. The summed E-state index contributed by atoms with van der Waals surface area (Å²) in [7, 11) is 0. The van der Waals surface area contributed by atoms with E-state index in [1.165, 1.54) is 12.1 Å². The Balaban J connectivity index is 2.49. The molecule has 0 saturated heterocycles. The molecule has 2 rings (SSSR count). The van der Waals surface area contributed by atoms with E-state index in [0.717, 1.165) is 20.6 Å². The summed E-state index contributed by atoms with van der Waals surface area (Å²) in [6, 6.07) is 8.36. The van der Waals surface area contributed by atoms with E-state index in [-0.39, 0.29) is 5.56 Å². The maximum atomic E-state index is 13.8. The Kier molecular flexibility index (Phi) is 4.67. The van der Waals surface area contributed by atoms with Gasteiger partial charge in [0.15, 0.2) is 0 Å². The highest BCUT2D eigenvalue weighted by Gasteiger charge is 2.18. The van der Waals surface area contributed by atoms with Crippen LogP contribution in [-0.4, -0.2) is 0 Å². The molecule has 1 atom stereocenters. The van der Waals surface area contributed by atoms with Gasteiger partial charge in [-0.1, -0.05) is 37.9 Å². The largest absolute Gasteiger partial charge is 0.271 e. The number of rotatable bonds is 3. The van der Waals surface area contributed by atoms with Gasteiger partial charge in [0.1, 0.15) is 11.6 Å². The molecule has 0 spiro atoms. The maximum absolute atomic E-state index is 13.8. The lowest BCUT2D eigenvalue weighted by molar-refractivity contribution is 0.541. The highest BCUT2D eigenvalue weighted by Crippen LogP contribution is 2.29. The maximum Gasteiger partial charge on any atom is 0.131 e. The number of halogens is 4. The summed E-state index contributed by atoms with van der Waals surface area (Å²) in [5.74, 6) is 4.25. The predicted octanol–water partition coefficient (Wildman–Crippen LogP) is 4.04. The number of hydrogen-bond acceptors (Lipinski definition) is 2. The van der Waals surface area contributed by atoms with Gasteiger partial charge in [-0.2, -0.15) is 0 Å². The second kappa shape index (κ2) is 6.09. The fourth-order valence-electron chi connectivity index (χ4n) is 1.84. The molecule has 1 unspecified atom stereocenters.